The molecule has 18 heavy (non-hydrogen) atoms. The predicted molar refractivity (Wildman–Crippen MR) is 69.4 cm³/mol. The Morgan fingerprint density at radius 3 is 2.61 bits per heavy atom. The minimum atomic E-state index is -1.08. The Labute approximate surface area is 109 Å². The van der Waals surface area contributed by atoms with E-state index >= 15 is 0 Å². The second-order valence-corrected chi connectivity index (χ2v) is 4.40. The van der Waals surface area contributed by atoms with Crippen molar-refractivity contribution < 1.29 is 9.90 Å². The summed E-state index contributed by atoms with van der Waals surface area (Å²) in [7, 11) is 0. The fourth-order valence-electron chi connectivity index (χ4n) is 1.75. The molecule has 0 saturated carbocycles. The molecule has 2 rings (SSSR count). The molecule has 0 atom stereocenters. The number of aromatic nitrogens is 2. The van der Waals surface area contributed by atoms with Crippen LogP contribution in [0.2, 0.25) is 5.02 Å². The quantitative estimate of drug-likeness (QED) is 0.817. The Balaban J connectivity index is 2.78. The maximum atomic E-state index is 11.3. The van der Waals surface area contributed by atoms with Crippen LogP contribution in [-0.4, -0.2) is 20.6 Å². The fraction of sp³-hybridized carbons (Fsp3) is 0.167. The summed E-state index contributed by atoms with van der Waals surface area (Å²) < 4.78 is 1.65. The van der Waals surface area contributed by atoms with Gasteiger partial charge < -0.3 is 15.4 Å². The molecule has 0 saturated heterocycles. The molecule has 0 radical (unpaired) electrons. The molecule has 0 unspecified atom stereocenters. The minimum absolute atomic E-state index is 0.0560. The van der Waals surface area contributed by atoms with E-state index in [1.807, 2.05) is 13.8 Å². The van der Waals surface area contributed by atoms with E-state index in [-0.39, 0.29) is 10.6 Å². The van der Waals surface area contributed by atoms with Crippen LogP contribution in [0.4, 0.5) is 5.69 Å². The maximum absolute atomic E-state index is 11.3. The highest BCUT2D eigenvalue weighted by Crippen LogP contribution is 2.29. The zero-order valence-corrected chi connectivity index (χ0v) is 10.7. The summed E-state index contributed by atoms with van der Waals surface area (Å²) >= 11 is 6.10. The number of aromatic carboxylic acids is 1. The Morgan fingerprint density at radius 1 is 1.44 bits per heavy atom. The van der Waals surface area contributed by atoms with Gasteiger partial charge >= 0.3 is 5.97 Å². The predicted octanol–water partition coefficient (Wildman–Crippen LogP) is 2.42. The standard InChI is InChI=1S/C12H12ClN3O2/c1-6-7(2)16(5-15-6)11-9(12(17)18)3-8(14)4-10(11)13/h3-5H,14H2,1-2H3,(H,17,18). The summed E-state index contributed by atoms with van der Waals surface area (Å²) in [4.78, 5) is 15.4. The molecule has 0 bridgehead atoms. The number of rotatable bonds is 2. The topological polar surface area (TPSA) is 81.1 Å². The maximum Gasteiger partial charge on any atom is 0.337 e. The molecule has 5 nitrogen and oxygen atoms in total. The monoisotopic (exact) mass is 265 g/mol. The molecule has 1 heterocycles. The highest BCUT2D eigenvalue weighted by Gasteiger charge is 2.18. The van der Waals surface area contributed by atoms with E-state index in [1.165, 1.54) is 12.1 Å². The molecule has 0 aliphatic heterocycles. The van der Waals surface area contributed by atoms with E-state index in [0.717, 1.165) is 11.4 Å². The average Bonchev–Trinajstić information content (AvgIpc) is 2.59. The average molecular weight is 266 g/mol. The Hall–Kier alpha value is -2.01. The van der Waals surface area contributed by atoms with Crippen molar-refractivity contribution in [1.82, 2.24) is 9.55 Å². The number of hydrogen-bond acceptors (Lipinski definition) is 3. The summed E-state index contributed by atoms with van der Waals surface area (Å²) in [6.45, 7) is 3.69. The first-order chi connectivity index (χ1) is 8.41. The van der Waals surface area contributed by atoms with Crippen LogP contribution in [0.1, 0.15) is 21.7 Å². The van der Waals surface area contributed by atoms with E-state index < -0.39 is 5.97 Å². The number of carbonyl (C=O) groups is 1. The molecule has 1 aromatic carbocycles. The number of aryl methyl sites for hydroxylation is 1. The van der Waals surface area contributed by atoms with Crippen LogP contribution in [0.15, 0.2) is 18.5 Å². The number of carboxylic acids is 1. The molecule has 1 aromatic heterocycles. The van der Waals surface area contributed by atoms with Gasteiger partial charge in [-0.1, -0.05) is 11.6 Å². The number of nitrogens with zero attached hydrogens (tertiary/aromatic N) is 2. The lowest BCUT2D eigenvalue weighted by Crippen LogP contribution is -2.08. The van der Waals surface area contributed by atoms with Crippen molar-refractivity contribution in [3.05, 3.63) is 40.4 Å². The SMILES string of the molecule is Cc1ncn(-c2c(Cl)cc(N)cc2C(=O)O)c1C. The molecular formula is C12H12ClN3O2. The van der Waals surface area contributed by atoms with Crippen LogP contribution in [-0.2, 0) is 0 Å². The summed E-state index contributed by atoms with van der Waals surface area (Å²) in [5, 5.41) is 9.51. The van der Waals surface area contributed by atoms with Crippen molar-refractivity contribution in [2.75, 3.05) is 5.73 Å². The van der Waals surface area contributed by atoms with Crippen LogP contribution >= 0.6 is 11.6 Å². The van der Waals surface area contributed by atoms with Gasteiger partial charge in [-0.2, -0.15) is 0 Å². The normalized spacial score (nSPS) is 10.6. The fourth-order valence-corrected chi connectivity index (χ4v) is 2.07. The van der Waals surface area contributed by atoms with Crippen molar-refractivity contribution in [3.63, 3.8) is 0 Å². The van der Waals surface area contributed by atoms with Crippen LogP contribution in [0.25, 0.3) is 5.69 Å². The van der Waals surface area contributed by atoms with Gasteiger partial charge in [-0.15, -0.1) is 0 Å². The van der Waals surface area contributed by atoms with Crippen molar-refractivity contribution in [3.8, 4) is 5.69 Å². The summed E-state index contributed by atoms with van der Waals surface area (Å²) in [5.41, 5.74) is 8.03. The molecule has 0 amide bonds. The molecule has 0 aliphatic carbocycles. The van der Waals surface area contributed by atoms with Crippen molar-refractivity contribution in [2.45, 2.75) is 13.8 Å². The third kappa shape index (κ3) is 1.93. The van der Waals surface area contributed by atoms with E-state index in [4.69, 9.17) is 17.3 Å². The molecule has 3 N–H and O–H groups in total. The van der Waals surface area contributed by atoms with Gasteiger partial charge in [-0.3, -0.25) is 0 Å². The molecule has 2 aromatic rings. The molecule has 0 spiro atoms. The first-order valence-electron chi connectivity index (χ1n) is 5.25. The number of hydrogen-bond donors (Lipinski definition) is 2. The minimum Gasteiger partial charge on any atom is -0.478 e. The third-order valence-corrected chi connectivity index (χ3v) is 3.10. The van der Waals surface area contributed by atoms with Crippen molar-refractivity contribution in [1.29, 1.82) is 0 Å². The van der Waals surface area contributed by atoms with Gasteiger partial charge in [0, 0.05) is 11.4 Å². The van der Waals surface area contributed by atoms with Crippen LogP contribution < -0.4 is 5.73 Å². The highest BCUT2D eigenvalue weighted by atomic mass is 35.5. The number of nitrogen functional groups attached to an aromatic ring is 1. The third-order valence-electron chi connectivity index (χ3n) is 2.81. The lowest BCUT2D eigenvalue weighted by atomic mass is 10.1. The first kappa shape index (κ1) is 12.4. The Kier molecular flexibility index (Phi) is 3.00. The number of benzene rings is 1. The van der Waals surface area contributed by atoms with E-state index in [9.17, 15) is 9.90 Å². The van der Waals surface area contributed by atoms with Gasteiger partial charge in [0.1, 0.15) is 0 Å². The second kappa shape index (κ2) is 4.34. The van der Waals surface area contributed by atoms with E-state index in [2.05, 4.69) is 4.98 Å². The van der Waals surface area contributed by atoms with Gasteiger partial charge in [0.25, 0.3) is 0 Å². The number of carboxylic acid groups (broad SMARTS) is 1. The van der Waals surface area contributed by atoms with Gasteiger partial charge in [0.2, 0.25) is 0 Å². The van der Waals surface area contributed by atoms with Crippen LogP contribution in [0, 0.1) is 13.8 Å². The largest absolute Gasteiger partial charge is 0.478 e. The lowest BCUT2D eigenvalue weighted by Gasteiger charge is -2.12. The van der Waals surface area contributed by atoms with Gasteiger partial charge in [-0.05, 0) is 26.0 Å². The number of anilines is 1. The molecule has 94 valence electrons. The Bertz CT molecular complexity index is 634. The van der Waals surface area contributed by atoms with E-state index in [0.29, 0.717) is 11.4 Å². The zero-order chi connectivity index (χ0) is 13.4. The van der Waals surface area contributed by atoms with Gasteiger partial charge in [0.05, 0.1) is 28.3 Å². The molecule has 6 heteroatoms. The van der Waals surface area contributed by atoms with Crippen molar-refractivity contribution in [2.24, 2.45) is 0 Å². The highest BCUT2D eigenvalue weighted by molar-refractivity contribution is 6.33. The van der Waals surface area contributed by atoms with Crippen LogP contribution in [0.3, 0.4) is 0 Å². The summed E-state index contributed by atoms with van der Waals surface area (Å²) in [6, 6.07) is 2.91. The molecule has 0 aliphatic rings. The number of halogens is 1. The number of imidazole rings is 1. The van der Waals surface area contributed by atoms with Gasteiger partial charge in [0.15, 0.2) is 0 Å². The number of nitrogens with two attached hydrogens (primary N) is 1. The molecular weight excluding hydrogens is 254 g/mol. The lowest BCUT2D eigenvalue weighted by molar-refractivity contribution is 0.0697. The molecule has 0 fully saturated rings. The smallest absolute Gasteiger partial charge is 0.337 e. The summed E-state index contributed by atoms with van der Waals surface area (Å²) in [6.07, 6.45) is 1.55. The summed E-state index contributed by atoms with van der Waals surface area (Å²) in [5.74, 6) is -1.08. The first-order valence-corrected chi connectivity index (χ1v) is 5.63. The second-order valence-electron chi connectivity index (χ2n) is 3.99. The van der Waals surface area contributed by atoms with Crippen molar-refractivity contribution >= 4 is 23.3 Å². The van der Waals surface area contributed by atoms with Crippen LogP contribution in [0.5, 0.6) is 0 Å². The zero-order valence-electron chi connectivity index (χ0n) is 9.94. The van der Waals surface area contributed by atoms with E-state index in [1.54, 1.807) is 10.9 Å². The Morgan fingerprint density at radius 2 is 2.11 bits per heavy atom. The van der Waals surface area contributed by atoms with Gasteiger partial charge in [-0.25, -0.2) is 9.78 Å².